The quantitative estimate of drug-likeness (QED) is 0.671. The zero-order valence-corrected chi connectivity index (χ0v) is 10.8. The van der Waals surface area contributed by atoms with Crippen molar-refractivity contribution in [2.45, 2.75) is 6.54 Å². The van der Waals surface area contributed by atoms with Crippen LogP contribution < -0.4 is 10.1 Å². The van der Waals surface area contributed by atoms with Gasteiger partial charge in [-0.3, -0.25) is 10.1 Å². The molecule has 0 bridgehead atoms. The maximum atomic E-state index is 13.9. The molecule has 0 aromatic heterocycles. The summed E-state index contributed by atoms with van der Waals surface area (Å²) in [6.07, 6.45) is 0. The fourth-order valence-electron chi connectivity index (χ4n) is 1.77. The lowest BCUT2D eigenvalue weighted by Gasteiger charge is -2.08. The smallest absolute Gasteiger partial charge is 0.305 e. The van der Waals surface area contributed by atoms with Crippen molar-refractivity contribution in [3.8, 4) is 5.75 Å². The molecule has 0 amide bonds. The van der Waals surface area contributed by atoms with E-state index in [0.717, 1.165) is 11.8 Å². The molecular weight excluding hydrogens is 263 g/mol. The van der Waals surface area contributed by atoms with Crippen molar-refractivity contribution in [3.05, 3.63) is 64.0 Å². The molecule has 0 radical (unpaired) electrons. The van der Waals surface area contributed by atoms with Crippen LogP contribution in [0.4, 0.5) is 15.8 Å². The van der Waals surface area contributed by atoms with Crippen LogP contribution in [-0.4, -0.2) is 12.0 Å². The van der Waals surface area contributed by atoms with Crippen LogP contribution in [0, 0.1) is 15.9 Å². The van der Waals surface area contributed by atoms with Crippen molar-refractivity contribution in [1.29, 1.82) is 0 Å². The summed E-state index contributed by atoms with van der Waals surface area (Å²) >= 11 is 0. The molecule has 20 heavy (non-hydrogen) atoms. The number of hydrogen-bond acceptors (Lipinski definition) is 4. The van der Waals surface area contributed by atoms with E-state index in [1.165, 1.54) is 12.1 Å². The summed E-state index contributed by atoms with van der Waals surface area (Å²) in [6.45, 7) is 0.153. The summed E-state index contributed by atoms with van der Waals surface area (Å²) in [7, 11) is 1.55. The number of nitrogens with zero attached hydrogens (tertiary/aromatic N) is 1. The zero-order chi connectivity index (χ0) is 14.5. The molecule has 0 spiro atoms. The van der Waals surface area contributed by atoms with Crippen LogP contribution in [0.3, 0.4) is 0 Å². The second-order valence-electron chi connectivity index (χ2n) is 4.09. The second kappa shape index (κ2) is 6.01. The Balaban J connectivity index is 2.14. The molecule has 0 heterocycles. The highest BCUT2D eigenvalue weighted by atomic mass is 19.1. The number of nitrogens with one attached hydrogen (secondary N) is 1. The van der Waals surface area contributed by atoms with Gasteiger partial charge in [0.25, 0.3) is 0 Å². The normalized spacial score (nSPS) is 10.1. The molecule has 104 valence electrons. The van der Waals surface area contributed by atoms with Crippen LogP contribution in [0.1, 0.15) is 5.56 Å². The van der Waals surface area contributed by atoms with Crippen molar-refractivity contribution in [2.75, 3.05) is 12.4 Å². The number of nitro groups is 1. The molecule has 0 saturated heterocycles. The molecule has 0 atom stereocenters. The van der Waals surface area contributed by atoms with E-state index in [1.807, 2.05) is 0 Å². The summed E-state index contributed by atoms with van der Waals surface area (Å²) in [6, 6.07) is 11.3. The number of anilines is 1. The van der Waals surface area contributed by atoms with Crippen LogP contribution in [0.15, 0.2) is 42.5 Å². The van der Waals surface area contributed by atoms with Gasteiger partial charge in [-0.25, -0.2) is 0 Å². The maximum Gasteiger partial charge on any atom is 0.305 e. The number of nitro benzene ring substituents is 1. The first-order chi connectivity index (χ1) is 9.61. The third-order valence-electron chi connectivity index (χ3n) is 2.81. The number of benzene rings is 2. The number of methoxy groups -OCH3 is 1. The Hall–Kier alpha value is -2.63. The topological polar surface area (TPSA) is 64.4 Å². The fourth-order valence-corrected chi connectivity index (χ4v) is 1.77. The Morgan fingerprint density at radius 2 is 2.05 bits per heavy atom. The average molecular weight is 276 g/mol. The summed E-state index contributed by atoms with van der Waals surface area (Å²) in [5.41, 5.74) is 0.465. The average Bonchev–Trinajstić information content (AvgIpc) is 2.46. The van der Waals surface area contributed by atoms with Gasteiger partial charge in [0.1, 0.15) is 5.75 Å². The third-order valence-corrected chi connectivity index (χ3v) is 2.81. The predicted molar refractivity (Wildman–Crippen MR) is 73.4 cm³/mol. The monoisotopic (exact) mass is 276 g/mol. The lowest BCUT2D eigenvalue weighted by Crippen LogP contribution is -2.04. The van der Waals surface area contributed by atoms with E-state index in [2.05, 4.69) is 5.32 Å². The van der Waals surface area contributed by atoms with E-state index in [9.17, 15) is 14.5 Å². The van der Waals surface area contributed by atoms with E-state index in [0.29, 0.717) is 5.75 Å². The Morgan fingerprint density at radius 3 is 2.75 bits per heavy atom. The summed E-state index contributed by atoms with van der Waals surface area (Å²) in [4.78, 5) is 9.93. The largest absolute Gasteiger partial charge is 0.497 e. The lowest BCUT2D eigenvalue weighted by molar-refractivity contribution is -0.387. The Labute approximate surface area is 115 Å². The van der Waals surface area contributed by atoms with Gasteiger partial charge in [-0.2, -0.15) is 4.39 Å². The first-order valence-electron chi connectivity index (χ1n) is 5.91. The van der Waals surface area contributed by atoms with Gasteiger partial charge in [0.15, 0.2) is 0 Å². The van der Waals surface area contributed by atoms with Crippen LogP contribution in [0.2, 0.25) is 0 Å². The van der Waals surface area contributed by atoms with E-state index in [4.69, 9.17) is 4.74 Å². The molecule has 2 rings (SSSR count). The highest BCUT2D eigenvalue weighted by Crippen LogP contribution is 2.22. The number of hydrogen-bond donors (Lipinski definition) is 1. The summed E-state index contributed by atoms with van der Waals surface area (Å²) < 4.78 is 18.9. The molecule has 2 aromatic carbocycles. The number of rotatable bonds is 5. The van der Waals surface area contributed by atoms with Gasteiger partial charge in [-0.1, -0.05) is 18.2 Å². The SMILES string of the molecule is COc1cccc(NCc2cccc([N+](=O)[O-])c2F)c1. The van der Waals surface area contributed by atoms with E-state index >= 15 is 0 Å². The van der Waals surface area contributed by atoms with Gasteiger partial charge in [0, 0.05) is 29.9 Å². The van der Waals surface area contributed by atoms with Crippen molar-refractivity contribution in [2.24, 2.45) is 0 Å². The predicted octanol–water partition coefficient (Wildman–Crippen LogP) is 3.35. The molecule has 0 unspecified atom stereocenters. The van der Waals surface area contributed by atoms with Crippen molar-refractivity contribution in [1.82, 2.24) is 0 Å². The molecular formula is C14H13FN2O3. The van der Waals surface area contributed by atoms with Gasteiger partial charge in [-0.15, -0.1) is 0 Å². The highest BCUT2D eigenvalue weighted by molar-refractivity contribution is 5.49. The van der Waals surface area contributed by atoms with Gasteiger partial charge in [0.2, 0.25) is 5.82 Å². The maximum absolute atomic E-state index is 13.9. The number of ether oxygens (including phenoxy) is 1. The number of halogens is 1. The molecule has 0 aliphatic rings. The summed E-state index contributed by atoms with van der Waals surface area (Å²) in [5, 5.41) is 13.7. The first kappa shape index (κ1) is 13.8. The molecule has 0 fully saturated rings. The second-order valence-corrected chi connectivity index (χ2v) is 4.09. The van der Waals surface area contributed by atoms with Crippen LogP contribution in [0.25, 0.3) is 0 Å². The zero-order valence-electron chi connectivity index (χ0n) is 10.8. The van der Waals surface area contributed by atoms with Crippen molar-refractivity contribution in [3.63, 3.8) is 0 Å². The molecule has 0 aliphatic carbocycles. The Bertz CT molecular complexity index is 632. The molecule has 0 saturated carbocycles. The molecule has 6 heteroatoms. The minimum Gasteiger partial charge on any atom is -0.497 e. The molecule has 2 aromatic rings. The van der Waals surface area contributed by atoms with Crippen LogP contribution in [-0.2, 0) is 6.54 Å². The van der Waals surface area contributed by atoms with Crippen LogP contribution in [0.5, 0.6) is 5.75 Å². The van der Waals surface area contributed by atoms with E-state index < -0.39 is 16.4 Å². The van der Waals surface area contributed by atoms with Gasteiger partial charge < -0.3 is 10.1 Å². The fraction of sp³-hybridized carbons (Fsp3) is 0.143. The minimum absolute atomic E-state index is 0.153. The molecule has 5 nitrogen and oxygen atoms in total. The summed E-state index contributed by atoms with van der Waals surface area (Å²) in [5.74, 6) is -0.137. The van der Waals surface area contributed by atoms with Crippen LogP contribution >= 0.6 is 0 Å². The molecule has 0 aliphatic heterocycles. The Kier molecular flexibility index (Phi) is 4.14. The minimum atomic E-state index is -0.812. The third kappa shape index (κ3) is 3.03. The van der Waals surface area contributed by atoms with E-state index in [1.54, 1.807) is 31.4 Å². The lowest BCUT2D eigenvalue weighted by atomic mass is 10.2. The van der Waals surface area contributed by atoms with Crippen molar-refractivity contribution >= 4 is 11.4 Å². The Morgan fingerprint density at radius 1 is 1.30 bits per heavy atom. The standard InChI is InChI=1S/C14H13FN2O3/c1-20-12-6-3-5-11(8-12)16-9-10-4-2-7-13(14(10)15)17(18)19/h2-8,16H,9H2,1H3. The van der Waals surface area contributed by atoms with Gasteiger partial charge >= 0.3 is 5.69 Å². The van der Waals surface area contributed by atoms with E-state index in [-0.39, 0.29) is 12.1 Å². The highest BCUT2D eigenvalue weighted by Gasteiger charge is 2.16. The van der Waals surface area contributed by atoms with Gasteiger partial charge in [-0.05, 0) is 12.1 Å². The van der Waals surface area contributed by atoms with Gasteiger partial charge in [0.05, 0.1) is 12.0 Å². The first-order valence-corrected chi connectivity index (χ1v) is 5.91. The molecule has 1 N–H and O–H groups in total. The van der Waals surface area contributed by atoms with Crippen molar-refractivity contribution < 1.29 is 14.1 Å².